The minimum Gasteiger partial charge on any atom is -0.350 e. The summed E-state index contributed by atoms with van der Waals surface area (Å²) in [5, 5.41) is 9.03. The van der Waals surface area contributed by atoms with Gasteiger partial charge in [0, 0.05) is 18.6 Å². The summed E-state index contributed by atoms with van der Waals surface area (Å²) in [5.74, 6) is 0. The zero-order valence-electron chi connectivity index (χ0n) is 6.89. The first-order valence-electron chi connectivity index (χ1n) is 3.71. The second-order valence-corrected chi connectivity index (χ2v) is 3.85. The Morgan fingerprint density at radius 1 is 1.50 bits per heavy atom. The molecule has 2 rings (SSSR count). The molecule has 0 atom stereocenters. The molecule has 0 amide bonds. The quantitative estimate of drug-likeness (QED) is 0.748. The van der Waals surface area contributed by atoms with Gasteiger partial charge in [-0.2, -0.15) is 5.26 Å². The SMILES string of the molecule is N#Cc1ncc(-c2ncc[nH]c2=S)s1. The van der Waals surface area contributed by atoms with E-state index in [1.807, 2.05) is 6.07 Å². The predicted octanol–water partition coefficient (Wildman–Crippen LogP) is 2.13. The van der Waals surface area contributed by atoms with Gasteiger partial charge in [0.15, 0.2) is 5.01 Å². The number of hydrogen-bond donors (Lipinski definition) is 1. The highest BCUT2D eigenvalue weighted by Crippen LogP contribution is 2.23. The van der Waals surface area contributed by atoms with Crippen LogP contribution in [0.3, 0.4) is 0 Å². The summed E-state index contributed by atoms with van der Waals surface area (Å²) in [6.07, 6.45) is 4.89. The van der Waals surface area contributed by atoms with Gasteiger partial charge >= 0.3 is 0 Å². The number of H-pyrrole nitrogens is 1. The highest BCUT2D eigenvalue weighted by Gasteiger charge is 2.06. The lowest BCUT2D eigenvalue weighted by Crippen LogP contribution is -1.83. The zero-order valence-corrected chi connectivity index (χ0v) is 8.52. The Morgan fingerprint density at radius 3 is 3.00 bits per heavy atom. The van der Waals surface area contributed by atoms with Crippen LogP contribution < -0.4 is 0 Å². The molecule has 6 heteroatoms. The van der Waals surface area contributed by atoms with Crippen molar-refractivity contribution in [2.75, 3.05) is 0 Å². The molecule has 4 nitrogen and oxygen atoms in total. The van der Waals surface area contributed by atoms with Crippen molar-refractivity contribution in [1.29, 1.82) is 5.26 Å². The van der Waals surface area contributed by atoms with Gasteiger partial charge in [-0.25, -0.2) is 4.98 Å². The number of nitrogens with one attached hydrogen (secondary N) is 1. The fourth-order valence-corrected chi connectivity index (χ4v) is 1.97. The normalized spacial score (nSPS) is 9.64. The molecule has 0 bridgehead atoms. The molecule has 0 aliphatic heterocycles. The van der Waals surface area contributed by atoms with Gasteiger partial charge in [-0.1, -0.05) is 12.2 Å². The summed E-state index contributed by atoms with van der Waals surface area (Å²) in [6.45, 7) is 0. The molecule has 2 aromatic rings. The fraction of sp³-hybridized carbons (Fsp3) is 0. The van der Waals surface area contributed by atoms with Gasteiger partial charge in [0.05, 0.1) is 4.88 Å². The van der Waals surface area contributed by atoms with Gasteiger partial charge in [-0.3, -0.25) is 4.98 Å². The summed E-state index contributed by atoms with van der Waals surface area (Å²) in [5.41, 5.74) is 0.668. The molecule has 0 unspecified atom stereocenters. The Hall–Kier alpha value is -1.58. The van der Waals surface area contributed by atoms with E-state index < -0.39 is 0 Å². The van der Waals surface area contributed by atoms with Gasteiger partial charge in [0.1, 0.15) is 16.4 Å². The van der Waals surface area contributed by atoms with Crippen LogP contribution in [0.1, 0.15) is 5.01 Å². The van der Waals surface area contributed by atoms with E-state index in [2.05, 4.69) is 15.0 Å². The van der Waals surface area contributed by atoms with E-state index in [9.17, 15) is 0 Å². The smallest absolute Gasteiger partial charge is 0.194 e. The van der Waals surface area contributed by atoms with Crippen molar-refractivity contribution >= 4 is 23.6 Å². The summed E-state index contributed by atoms with van der Waals surface area (Å²) < 4.78 is 0.556. The molecular formula is C8H4N4S2. The van der Waals surface area contributed by atoms with Crippen LogP contribution in [0.5, 0.6) is 0 Å². The molecule has 2 heterocycles. The summed E-state index contributed by atoms with van der Waals surface area (Å²) in [4.78, 5) is 11.7. The van der Waals surface area contributed by atoms with Crippen molar-refractivity contribution < 1.29 is 0 Å². The van der Waals surface area contributed by atoms with Crippen LogP contribution in [-0.2, 0) is 0 Å². The Morgan fingerprint density at radius 2 is 2.36 bits per heavy atom. The van der Waals surface area contributed by atoms with E-state index in [0.717, 1.165) is 4.88 Å². The molecule has 0 fully saturated rings. The molecule has 2 aromatic heterocycles. The third-order valence-electron chi connectivity index (χ3n) is 1.54. The van der Waals surface area contributed by atoms with Crippen LogP contribution in [0.25, 0.3) is 10.6 Å². The van der Waals surface area contributed by atoms with Crippen LogP contribution in [0.15, 0.2) is 18.6 Å². The van der Waals surface area contributed by atoms with Crippen LogP contribution in [0.4, 0.5) is 0 Å². The van der Waals surface area contributed by atoms with E-state index in [4.69, 9.17) is 17.5 Å². The van der Waals surface area contributed by atoms with Gasteiger partial charge in [0.2, 0.25) is 0 Å². The standard InChI is InChI=1S/C8H4N4S2/c9-3-6-12-4-5(14-6)7-8(13)11-2-1-10-7/h1-2,4H,(H,11,13). The van der Waals surface area contributed by atoms with Crippen molar-refractivity contribution in [3.63, 3.8) is 0 Å². The average Bonchev–Trinajstić information content (AvgIpc) is 2.67. The van der Waals surface area contributed by atoms with Gasteiger partial charge in [-0.15, -0.1) is 11.3 Å². The highest BCUT2D eigenvalue weighted by molar-refractivity contribution is 7.71. The lowest BCUT2D eigenvalue weighted by molar-refractivity contribution is 1.19. The maximum Gasteiger partial charge on any atom is 0.194 e. The molecule has 0 saturated heterocycles. The van der Waals surface area contributed by atoms with E-state index in [1.165, 1.54) is 11.3 Å². The maximum absolute atomic E-state index is 8.61. The fourth-order valence-electron chi connectivity index (χ4n) is 0.963. The minimum atomic E-state index is 0.417. The molecule has 0 spiro atoms. The van der Waals surface area contributed by atoms with Crippen molar-refractivity contribution in [2.24, 2.45) is 0 Å². The van der Waals surface area contributed by atoms with Gasteiger partial charge in [-0.05, 0) is 0 Å². The number of rotatable bonds is 1. The Labute approximate surface area is 88.9 Å². The number of aromatic amines is 1. The Kier molecular flexibility index (Phi) is 2.35. The molecule has 0 aromatic carbocycles. The van der Waals surface area contributed by atoms with E-state index in [-0.39, 0.29) is 0 Å². The molecular weight excluding hydrogens is 216 g/mol. The monoisotopic (exact) mass is 220 g/mol. The molecule has 0 saturated carbocycles. The number of nitriles is 1. The maximum atomic E-state index is 8.61. The van der Waals surface area contributed by atoms with Crippen LogP contribution in [-0.4, -0.2) is 15.0 Å². The first-order valence-corrected chi connectivity index (χ1v) is 4.94. The average molecular weight is 220 g/mol. The molecule has 0 aliphatic carbocycles. The van der Waals surface area contributed by atoms with E-state index >= 15 is 0 Å². The van der Waals surface area contributed by atoms with Crippen molar-refractivity contribution in [1.82, 2.24) is 15.0 Å². The molecule has 0 radical (unpaired) electrons. The third kappa shape index (κ3) is 1.55. The highest BCUT2D eigenvalue weighted by atomic mass is 32.1. The number of nitrogens with zero attached hydrogens (tertiary/aromatic N) is 3. The molecule has 14 heavy (non-hydrogen) atoms. The third-order valence-corrected chi connectivity index (χ3v) is 2.76. The van der Waals surface area contributed by atoms with Crippen molar-refractivity contribution in [3.05, 3.63) is 28.2 Å². The lowest BCUT2D eigenvalue weighted by Gasteiger charge is -1.93. The predicted molar refractivity (Wildman–Crippen MR) is 55.2 cm³/mol. The summed E-state index contributed by atoms with van der Waals surface area (Å²) in [6, 6.07) is 1.97. The van der Waals surface area contributed by atoms with Crippen LogP contribution in [0, 0.1) is 16.0 Å². The molecule has 1 N–H and O–H groups in total. The summed E-state index contributed by atoms with van der Waals surface area (Å²) >= 11 is 6.34. The van der Waals surface area contributed by atoms with E-state index in [0.29, 0.717) is 15.3 Å². The van der Waals surface area contributed by atoms with Crippen molar-refractivity contribution in [2.45, 2.75) is 0 Å². The van der Waals surface area contributed by atoms with Crippen LogP contribution >= 0.6 is 23.6 Å². The Bertz CT molecular complexity index is 549. The van der Waals surface area contributed by atoms with Crippen LogP contribution in [0.2, 0.25) is 0 Å². The Balaban J connectivity index is 2.56. The topological polar surface area (TPSA) is 65.4 Å². The van der Waals surface area contributed by atoms with Gasteiger partial charge in [0.25, 0.3) is 0 Å². The molecule has 0 aliphatic rings. The lowest BCUT2D eigenvalue weighted by atomic mass is 10.4. The zero-order chi connectivity index (χ0) is 9.97. The number of hydrogen-bond acceptors (Lipinski definition) is 5. The first kappa shape index (κ1) is 8.99. The van der Waals surface area contributed by atoms with Gasteiger partial charge < -0.3 is 4.98 Å². The second-order valence-electron chi connectivity index (χ2n) is 2.41. The van der Waals surface area contributed by atoms with E-state index in [1.54, 1.807) is 18.6 Å². The van der Waals surface area contributed by atoms with Crippen molar-refractivity contribution in [3.8, 4) is 16.6 Å². The number of aromatic nitrogens is 3. The number of thiazole rings is 1. The molecule has 68 valence electrons. The summed E-state index contributed by atoms with van der Waals surface area (Å²) in [7, 11) is 0. The first-order chi connectivity index (χ1) is 6.81. The second kappa shape index (κ2) is 3.65. The minimum absolute atomic E-state index is 0.417. The largest absolute Gasteiger partial charge is 0.350 e.